The van der Waals surface area contributed by atoms with Crippen LogP contribution in [0.1, 0.15) is 37.3 Å². The van der Waals surface area contributed by atoms with Gasteiger partial charge in [0.25, 0.3) is 0 Å². The summed E-state index contributed by atoms with van der Waals surface area (Å²) in [4.78, 5) is 7.75. The predicted molar refractivity (Wildman–Crippen MR) is 65.6 cm³/mol. The van der Waals surface area contributed by atoms with Crippen molar-refractivity contribution >= 4 is 16.5 Å². The molecule has 3 nitrogen and oxygen atoms in total. The lowest BCUT2D eigenvalue weighted by Gasteiger charge is -2.18. The van der Waals surface area contributed by atoms with Crippen LogP contribution in [-0.2, 0) is 6.61 Å². The molecule has 0 atom stereocenters. The van der Waals surface area contributed by atoms with Crippen molar-refractivity contribution in [2.75, 3.05) is 18.0 Å². The van der Waals surface area contributed by atoms with Crippen LogP contribution in [0.15, 0.2) is 0 Å². The zero-order valence-electron chi connectivity index (χ0n) is 9.79. The number of aromatic nitrogens is 1. The Labute approximate surface area is 95.8 Å². The third kappa shape index (κ3) is 3.18. The molecular weight excluding hydrogens is 208 g/mol. The molecule has 0 radical (unpaired) electrons. The highest BCUT2D eigenvalue weighted by molar-refractivity contribution is 7.15. The summed E-state index contributed by atoms with van der Waals surface area (Å²) in [7, 11) is 0. The van der Waals surface area contributed by atoms with E-state index in [0.29, 0.717) is 0 Å². The van der Waals surface area contributed by atoms with Gasteiger partial charge in [0.1, 0.15) is 0 Å². The van der Waals surface area contributed by atoms with Crippen molar-refractivity contribution in [2.24, 2.45) is 0 Å². The molecule has 15 heavy (non-hydrogen) atoms. The van der Waals surface area contributed by atoms with Crippen molar-refractivity contribution in [2.45, 2.75) is 40.2 Å². The van der Waals surface area contributed by atoms with Crippen molar-refractivity contribution in [3.63, 3.8) is 0 Å². The maximum Gasteiger partial charge on any atom is 0.185 e. The quantitative estimate of drug-likeness (QED) is 0.813. The van der Waals surface area contributed by atoms with Crippen LogP contribution in [0.25, 0.3) is 0 Å². The van der Waals surface area contributed by atoms with Crippen LogP contribution in [0, 0.1) is 6.92 Å². The Bertz CT molecular complexity index is 299. The molecule has 0 saturated carbocycles. The number of rotatable bonds is 6. The number of anilines is 1. The lowest BCUT2D eigenvalue weighted by Crippen LogP contribution is -2.23. The minimum absolute atomic E-state index is 0.106. The van der Waals surface area contributed by atoms with Gasteiger partial charge in [-0.1, -0.05) is 24.7 Å². The SMILES string of the molecule is CCCCN(CC)c1nc(C)c(CO)s1. The molecule has 0 aromatic carbocycles. The van der Waals surface area contributed by atoms with Crippen molar-refractivity contribution < 1.29 is 5.11 Å². The Morgan fingerprint density at radius 2 is 2.13 bits per heavy atom. The Morgan fingerprint density at radius 1 is 1.40 bits per heavy atom. The predicted octanol–water partition coefficient (Wildman–Crippen LogP) is 2.57. The summed E-state index contributed by atoms with van der Waals surface area (Å²) < 4.78 is 0. The first-order chi connectivity index (χ1) is 7.22. The lowest BCUT2D eigenvalue weighted by atomic mass is 10.3. The van der Waals surface area contributed by atoms with Crippen LogP contribution < -0.4 is 4.90 Å². The van der Waals surface area contributed by atoms with E-state index in [9.17, 15) is 0 Å². The number of aryl methyl sites for hydroxylation is 1. The number of nitrogens with zero attached hydrogens (tertiary/aromatic N) is 2. The monoisotopic (exact) mass is 228 g/mol. The maximum absolute atomic E-state index is 9.11. The Kier molecular flexibility index (Phi) is 5.05. The van der Waals surface area contributed by atoms with E-state index in [-0.39, 0.29) is 6.61 Å². The van der Waals surface area contributed by atoms with Gasteiger partial charge in [0.15, 0.2) is 5.13 Å². The number of hydrogen-bond donors (Lipinski definition) is 1. The summed E-state index contributed by atoms with van der Waals surface area (Å²) in [6, 6.07) is 0. The molecular formula is C11H20N2OS. The number of thiazole rings is 1. The molecule has 1 heterocycles. The number of aliphatic hydroxyl groups excluding tert-OH is 1. The van der Waals surface area contributed by atoms with Crippen LogP contribution in [0.5, 0.6) is 0 Å². The van der Waals surface area contributed by atoms with Gasteiger partial charge in [-0.25, -0.2) is 4.98 Å². The van der Waals surface area contributed by atoms with Gasteiger partial charge < -0.3 is 10.0 Å². The second-order valence-corrected chi connectivity index (χ2v) is 4.66. The van der Waals surface area contributed by atoms with Crippen LogP contribution in [-0.4, -0.2) is 23.2 Å². The average Bonchev–Trinajstić information content (AvgIpc) is 2.61. The summed E-state index contributed by atoms with van der Waals surface area (Å²) in [5, 5.41) is 10.2. The molecule has 0 amide bonds. The zero-order valence-corrected chi connectivity index (χ0v) is 10.6. The third-order valence-corrected chi connectivity index (χ3v) is 3.66. The van der Waals surface area contributed by atoms with Crippen LogP contribution >= 0.6 is 11.3 Å². The summed E-state index contributed by atoms with van der Waals surface area (Å²) in [5.74, 6) is 0. The summed E-state index contributed by atoms with van der Waals surface area (Å²) in [6.07, 6.45) is 2.40. The fourth-order valence-electron chi connectivity index (χ4n) is 1.43. The van der Waals surface area contributed by atoms with E-state index < -0.39 is 0 Å². The van der Waals surface area contributed by atoms with Crippen molar-refractivity contribution in [3.8, 4) is 0 Å². The highest BCUT2D eigenvalue weighted by Crippen LogP contribution is 2.26. The largest absolute Gasteiger partial charge is 0.391 e. The Hall–Kier alpha value is -0.610. The van der Waals surface area contributed by atoms with E-state index in [1.807, 2.05) is 6.92 Å². The normalized spacial score (nSPS) is 10.7. The van der Waals surface area contributed by atoms with E-state index in [1.165, 1.54) is 12.8 Å². The van der Waals surface area contributed by atoms with Gasteiger partial charge in [-0.2, -0.15) is 0 Å². The first-order valence-electron chi connectivity index (χ1n) is 5.55. The Balaban J connectivity index is 2.73. The standard InChI is InChI=1S/C11H20N2OS/c1-4-6-7-13(5-2)11-12-9(3)10(8-14)15-11/h14H,4-8H2,1-3H3. The van der Waals surface area contributed by atoms with Gasteiger partial charge >= 0.3 is 0 Å². The first kappa shape index (κ1) is 12.5. The van der Waals surface area contributed by atoms with Crippen LogP contribution in [0.4, 0.5) is 5.13 Å². The van der Waals surface area contributed by atoms with Gasteiger partial charge in [0.05, 0.1) is 17.2 Å². The summed E-state index contributed by atoms with van der Waals surface area (Å²) >= 11 is 1.61. The van der Waals surface area contributed by atoms with Gasteiger partial charge in [0.2, 0.25) is 0 Å². The minimum atomic E-state index is 0.106. The molecule has 1 rings (SSSR count). The summed E-state index contributed by atoms with van der Waals surface area (Å²) in [5.41, 5.74) is 0.965. The highest BCUT2D eigenvalue weighted by atomic mass is 32.1. The maximum atomic E-state index is 9.11. The molecule has 0 bridgehead atoms. The third-order valence-electron chi connectivity index (χ3n) is 2.46. The van der Waals surface area contributed by atoms with Gasteiger partial charge in [-0.3, -0.25) is 0 Å². The molecule has 0 aliphatic carbocycles. The van der Waals surface area contributed by atoms with Gasteiger partial charge in [-0.05, 0) is 20.3 Å². The second kappa shape index (κ2) is 6.08. The number of aliphatic hydroxyl groups is 1. The van der Waals surface area contributed by atoms with Gasteiger partial charge in [-0.15, -0.1) is 0 Å². The molecule has 0 saturated heterocycles. The molecule has 4 heteroatoms. The smallest absolute Gasteiger partial charge is 0.185 e. The van der Waals surface area contributed by atoms with E-state index >= 15 is 0 Å². The number of unbranched alkanes of at least 4 members (excludes halogenated alkanes) is 1. The fraction of sp³-hybridized carbons (Fsp3) is 0.727. The topological polar surface area (TPSA) is 36.4 Å². The molecule has 0 spiro atoms. The van der Waals surface area contributed by atoms with E-state index in [2.05, 4.69) is 23.7 Å². The molecule has 1 aromatic rings. The van der Waals surface area contributed by atoms with Crippen molar-refractivity contribution in [1.29, 1.82) is 0 Å². The lowest BCUT2D eigenvalue weighted by molar-refractivity contribution is 0.284. The summed E-state index contributed by atoms with van der Waals surface area (Å²) in [6.45, 7) is 8.45. The highest BCUT2D eigenvalue weighted by Gasteiger charge is 2.11. The molecule has 1 N–H and O–H groups in total. The van der Waals surface area contributed by atoms with Crippen LogP contribution in [0.3, 0.4) is 0 Å². The van der Waals surface area contributed by atoms with Gasteiger partial charge in [0, 0.05) is 13.1 Å². The van der Waals surface area contributed by atoms with Crippen molar-refractivity contribution in [3.05, 3.63) is 10.6 Å². The van der Waals surface area contributed by atoms with Crippen molar-refractivity contribution in [1.82, 2.24) is 4.98 Å². The van der Waals surface area contributed by atoms with E-state index in [0.717, 1.165) is 28.8 Å². The molecule has 0 aliphatic rings. The average molecular weight is 228 g/mol. The molecule has 86 valence electrons. The molecule has 1 aromatic heterocycles. The second-order valence-electron chi connectivity index (χ2n) is 3.60. The number of hydrogen-bond acceptors (Lipinski definition) is 4. The first-order valence-corrected chi connectivity index (χ1v) is 6.36. The minimum Gasteiger partial charge on any atom is -0.391 e. The molecule has 0 unspecified atom stereocenters. The fourth-order valence-corrected chi connectivity index (χ4v) is 2.44. The van der Waals surface area contributed by atoms with E-state index in [4.69, 9.17) is 5.11 Å². The molecule has 0 fully saturated rings. The van der Waals surface area contributed by atoms with E-state index in [1.54, 1.807) is 11.3 Å². The Morgan fingerprint density at radius 3 is 2.60 bits per heavy atom. The molecule has 0 aliphatic heterocycles. The zero-order chi connectivity index (χ0) is 11.3. The van der Waals surface area contributed by atoms with Crippen LogP contribution in [0.2, 0.25) is 0 Å².